The van der Waals surface area contributed by atoms with E-state index in [1.807, 2.05) is 25.5 Å². The molecule has 0 radical (unpaired) electrons. The van der Waals surface area contributed by atoms with Crippen molar-refractivity contribution in [3.05, 3.63) is 43.5 Å². The first-order chi connectivity index (χ1) is 13.0. The van der Waals surface area contributed by atoms with Crippen LogP contribution < -0.4 is 4.74 Å². The number of rotatable bonds is 5. The molecule has 1 fully saturated rings. The number of amides is 1. The zero-order valence-corrected chi connectivity index (χ0v) is 15.9. The molecule has 1 aliphatic carbocycles. The Morgan fingerprint density at radius 3 is 2.70 bits per heavy atom. The van der Waals surface area contributed by atoms with Crippen molar-refractivity contribution in [3.8, 4) is 17.1 Å². The molecule has 1 saturated carbocycles. The normalized spacial score (nSPS) is 13.0. The number of nitrogens with zero attached hydrogens (tertiary/aromatic N) is 6. The van der Waals surface area contributed by atoms with Crippen molar-refractivity contribution in [2.75, 3.05) is 20.7 Å². The predicted molar refractivity (Wildman–Crippen MR) is 102 cm³/mol. The summed E-state index contributed by atoms with van der Waals surface area (Å²) in [5, 5.41) is 8.47. The van der Waals surface area contributed by atoms with Gasteiger partial charge < -0.3 is 9.64 Å². The van der Waals surface area contributed by atoms with Crippen molar-refractivity contribution >= 4 is 11.4 Å². The number of ether oxygens (including phenoxy) is 1. The molecule has 8 nitrogen and oxygen atoms in total. The summed E-state index contributed by atoms with van der Waals surface area (Å²) in [5.74, 6) is 1.29. The Morgan fingerprint density at radius 1 is 1.37 bits per heavy atom. The Balaban J connectivity index is 0.000000260. The van der Waals surface area contributed by atoms with Gasteiger partial charge in [-0.15, -0.1) is 0 Å². The van der Waals surface area contributed by atoms with Gasteiger partial charge in [0.05, 0.1) is 30.9 Å². The van der Waals surface area contributed by atoms with Crippen LogP contribution in [0.25, 0.3) is 16.8 Å². The highest BCUT2D eigenvalue weighted by atomic mass is 16.5. The number of aryl methyl sites for hydroxylation is 1. The van der Waals surface area contributed by atoms with Crippen LogP contribution in [0.3, 0.4) is 0 Å². The summed E-state index contributed by atoms with van der Waals surface area (Å²) in [6.45, 7) is 4.03. The molecule has 142 valence electrons. The number of fused-ring (bicyclic) bond motifs is 1. The van der Waals surface area contributed by atoms with Crippen LogP contribution in [0.4, 0.5) is 0 Å². The van der Waals surface area contributed by atoms with Crippen molar-refractivity contribution in [1.29, 1.82) is 0 Å². The Bertz CT molecular complexity index is 939. The lowest BCUT2D eigenvalue weighted by atomic mass is 10.2. The van der Waals surface area contributed by atoms with Gasteiger partial charge >= 0.3 is 0 Å². The lowest BCUT2D eigenvalue weighted by molar-refractivity contribution is -0.123. The summed E-state index contributed by atoms with van der Waals surface area (Å²) >= 11 is 0. The third-order valence-corrected chi connectivity index (χ3v) is 4.12. The van der Waals surface area contributed by atoms with Gasteiger partial charge in [0, 0.05) is 32.9 Å². The molecule has 0 atom stereocenters. The third-order valence-electron chi connectivity index (χ3n) is 4.12. The Labute approximate surface area is 158 Å². The minimum absolute atomic E-state index is 0.0556. The molecule has 0 saturated heterocycles. The molecule has 3 heterocycles. The summed E-state index contributed by atoms with van der Waals surface area (Å²) in [6.07, 6.45) is 11.2. The fourth-order valence-electron chi connectivity index (χ4n) is 2.36. The Hall–Kier alpha value is -3.16. The van der Waals surface area contributed by atoms with Gasteiger partial charge in [0.2, 0.25) is 11.8 Å². The molecule has 3 aromatic rings. The maximum atomic E-state index is 10.3. The lowest BCUT2D eigenvalue weighted by Gasteiger charge is -2.08. The molecule has 0 unspecified atom stereocenters. The molecule has 0 N–H and O–H groups in total. The first-order valence-electron chi connectivity index (χ1n) is 8.78. The van der Waals surface area contributed by atoms with E-state index < -0.39 is 0 Å². The standard InChI is InChI=1S/C14H15N5O.C5H9NO/c1-18-7-11(6-16-18)12-8-19-13(4-5-15-19)14(17-12)20-9-10-2-3-10;1-4-5(7)6(2)3/h4-8,10H,2-3,9H2,1H3;4H,1H2,2-3H3. The Morgan fingerprint density at radius 2 is 2.15 bits per heavy atom. The Kier molecular flexibility index (Phi) is 5.54. The maximum Gasteiger partial charge on any atom is 0.245 e. The molecule has 27 heavy (non-hydrogen) atoms. The van der Waals surface area contributed by atoms with Crippen molar-refractivity contribution in [3.63, 3.8) is 0 Å². The van der Waals surface area contributed by atoms with Crippen LogP contribution in [-0.4, -0.2) is 55.9 Å². The molecule has 1 aliphatic rings. The maximum absolute atomic E-state index is 10.3. The zero-order valence-electron chi connectivity index (χ0n) is 15.9. The van der Waals surface area contributed by atoms with Crippen LogP contribution in [0.1, 0.15) is 12.8 Å². The van der Waals surface area contributed by atoms with E-state index in [9.17, 15) is 4.79 Å². The van der Waals surface area contributed by atoms with Gasteiger partial charge in [0.25, 0.3) is 0 Å². The molecule has 8 heteroatoms. The van der Waals surface area contributed by atoms with Gasteiger partial charge in [-0.25, -0.2) is 9.50 Å². The summed E-state index contributed by atoms with van der Waals surface area (Å²) in [5.41, 5.74) is 2.68. The first-order valence-corrected chi connectivity index (χ1v) is 8.78. The van der Waals surface area contributed by atoms with Crippen molar-refractivity contribution in [2.24, 2.45) is 13.0 Å². The lowest BCUT2D eigenvalue weighted by Crippen LogP contribution is -2.18. The van der Waals surface area contributed by atoms with Crippen LogP contribution in [0.2, 0.25) is 0 Å². The van der Waals surface area contributed by atoms with Gasteiger partial charge in [-0.3, -0.25) is 9.48 Å². The second-order valence-electron chi connectivity index (χ2n) is 6.69. The molecule has 3 aromatic heterocycles. The highest BCUT2D eigenvalue weighted by Crippen LogP contribution is 2.30. The minimum atomic E-state index is -0.0556. The van der Waals surface area contributed by atoms with Gasteiger partial charge in [0.15, 0.2) is 0 Å². The predicted octanol–water partition coefficient (Wildman–Crippen LogP) is 2.18. The second-order valence-corrected chi connectivity index (χ2v) is 6.69. The summed E-state index contributed by atoms with van der Waals surface area (Å²) in [6, 6.07) is 1.92. The van der Waals surface area contributed by atoms with E-state index in [2.05, 4.69) is 21.8 Å². The highest BCUT2D eigenvalue weighted by molar-refractivity contribution is 5.86. The van der Waals surface area contributed by atoms with Crippen molar-refractivity contribution in [2.45, 2.75) is 12.8 Å². The van der Waals surface area contributed by atoms with Crippen LogP contribution in [0.15, 0.2) is 43.5 Å². The summed E-state index contributed by atoms with van der Waals surface area (Å²) in [4.78, 5) is 16.4. The first kappa shape index (κ1) is 18.6. The highest BCUT2D eigenvalue weighted by Gasteiger charge is 2.23. The molecule has 0 bridgehead atoms. The van der Waals surface area contributed by atoms with E-state index in [1.165, 1.54) is 23.8 Å². The van der Waals surface area contributed by atoms with Crippen molar-refractivity contribution in [1.82, 2.24) is 29.3 Å². The summed E-state index contributed by atoms with van der Waals surface area (Å²) < 4.78 is 9.43. The smallest absolute Gasteiger partial charge is 0.245 e. The van der Waals surface area contributed by atoms with Crippen molar-refractivity contribution < 1.29 is 9.53 Å². The van der Waals surface area contributed by atoms with Gasteiger partial charge in [-0.2, -0.15) is 10.2 Å². The van der Waals surface area contributed by atoms with Gasteiger partial charge in [-0.05, 0) is 30.9 Å². The monoisotopic (exact) mass is 368 g/mol. The van der Waals surface area contributed by atoms with Gasteiger partial charge in [-0.1, -0.05) is 6.58 Å². The second kappa shape index (κ2) is 8.03. The largest absolute Gasteiger partial charge is 0.476 e. The number of hydrogen-bond acceptors (Lipinski definition) is 5. The number of likely N-dealkylation sites (N-methyl/N-ethyl adjacent to an activating group) is 1. The summed E-state index contributed by atoms with van der Waals surface area (Å²) in [7, 11) is 5.26. The SMILES string of the molecule is C=CC(=O)N(C)C.Cn1cc(-c2cn3nccc3c(OCC3CC3)n2)cn1. The van der Waals surface area contributed by atoms with E-state index in [0.29, 0.717) is 11.8 Å². The molecule has 0 spiro atoms. The number of carbonyl (C=O) groups is 1. The molecular formula is C19H24N6O2. The van der Waals surface area contributed by atoms with Gasteiger partial charge in [0.1, 0.15) is 5.52 Å². The molecule has 4 rings (SSSR count). The number of aromatic nitrogens is 5. The fourth-order valence-corrected chi connectivity index (χ4v) is 2.36. The quantitative estimate of drug-likeness (QED) is 0.645. The molecular weight excluding hydrogens is 344 g/mol. The fraction of sp³-hybridized carbons (Fsp3) is 0.368. The van der Waals surface area contributed by atoms with E-state index in [1.54, 1.807) is 35.7 Å². The molecule has 0 aliphatic heterocycles. The minimum Gasteiger partial charge on any atom is -0.476 e. The van der Waals surface area contributed by atoms with Crippen LogP contribution >= 0.6 is 0 Å². The molecule has 1 amide bonds. The third kappa shape index (κ3) is 4.72. The van der Waals surface area contributed by atoms with E-state index in [0.717, 1.165) is 23.4 Å². The van der Waals surface area contributed by atoms with Crippen LogP contribution in [-0.2, 0) is 11.8 Å². The number of carbonyl (C=O) groups excluding carboxylic acids is 1. The topological polar surface area (TPSA) is 77.6 Å². The van der Waals surface area contributed by atoms with Crippen LogP contribution in [0, 0.1) is 5.92 Å². The van der Waals surface area contributed by atoms with E-state index in [-0.39, 0.29) is 5.91 Å². The average molecular weight is 368 g/mol. The number of hydrogen-bond donors (Lipinski definition) is 0. The average Bonchev–Trinajstić information content (AvgIpc) is 3.18. The van der Waals surface area contributed by atoms with E-state index in [4.69, 9.17) is 4.74 Å². The molecule has 0 aromatic carbocycles. The zero-order chi connectivity index (χ0) is 19.4. The van der Waals surface area contributed by atoms with E-state index >= 15 is 0 Å². The van der Waals surface area contributed by atoms with Crippen LogP contribution in [0.5, 0.6) is 5.88 Å².